The number of carboxylic acid groups (broad SMARTS) is 1. The van der Waals surface area contributed by atoms with Gasteiger partial charge in [-0.3, -0.25) is 4.72 Å². The van der Waals surface area contributed by atoms with E-state index in [9.17, 15) is 13.2 Å². The van der Waals surface area contributed by atoms with Gasteiger partial charge in [0.05, 0.1) is 5.69 Å². The fourth-order valence-electron chi connectivity index (χ4n) is 1.40. The Morgan fingerprint density at radius 1 is 1.32 bits per heavy atom. The number of carbonyl (C=O) groups is 1. The number of benzene rings is 1. The molecule has 0 saturated heterocycles. The van der Waals surface area contributed by atoms with Crippen molar-refractivity contribution >= 4 is 37.6 Å². The number of aromatic carboxylic acids is 1. The molecule has 0 saturated carbocycles. The Labute approximate surface area is 117 Å². The molecule has 0 spiro atoms. The molecule has 3 N–H and O–H groups in total. The van der Waals surface area contributed by atoms with E-state index in [4.69, 9.17) is 5.11 Å². The van der Waals surface area contributed by atoms with E-state index >= 15 is 0 Å². The van der Waals surface area contributed by atoms with E-state index in [-0.39, 0.29) is 10.6 Å². The van der Waals surface area contributed by atoms with E-state index in [1.165, 1.54) is 0 Å². The van der Waals surface area contributed by atoms with Crippen molar-refractivity contribution in [1.29, 1.82) is 0 Å². The first-order valence-electron chi connectivity index (χ1n) is 5.09. The molecule has 2 aromatic rings. The fourth-order valence-corrected chi connectivity index (χ4v) is 2.99. The predicted octanol–water partition coefficient (Wildman–Crippen LogP) is 2.28. The minimum Gasteiger partial charge on any atom is -0.477 e. The highest BCUT2D eigenvalue weighted by Crippen LogP contribution is 2.24. The largest absolute Gasteiger partial charge is 0.477 e. The van der Waals surface area contributed by atoms with Gasteiger partial charge in [-0.15, -0.1) is 0 Å². The first kappa shape index (κ1) is 13.6. The number of H-pyrrole nitrogens is 1. The molecule has 0 bridgehead atoms. The predicted molar refractivity (Wildman–Crippen MR) is 72.7 cm³/mol. The molecule has 1 aromatic carbocycles. The zero-order valence-corrected chi connectivity index (χ0v) is 11.8. The number of nitrogens with one attached hydrogen (secondary N) is 2. The first-order valence-corrected chi connectivity index (χ1v) is 7.37. The molecule has 0 aliphatic carbocycles. The molecule has 0 atom stereocenters. The van der Waals surface area contributed by atoms with Crippen LogP contribution < -0.4 is 4.72 Å². The van der Waals surface area contributed by atoms with Crippen molar-refractivity contribution in [2.75, 3.05) is 4.72 Å². The van der Waals surface area contributed by atoms with Gasteiger partial charge in [0.15, 0.2) is 0 Å². The maximum atomic E-state index is 12.0. The zero-order valence-electron chi connectivity index (χ0n) is 9.42. The summed E-state index contributed by atoms with van der Waals surface area (Å²) in [7, 11) is -3.82. The van der Waals surface area contributed by atoms with Gasteiger partial charge in [0.2, 0.25) is 0 Å². The van der Waals surface area contributed by atoms with E-state index in [2.05, 4.69) is 25.6 Å². The van der Waals surface area contributed by atoms with E-state index in [1.807, 2.05) is 0 Å². The highest BCUT2D eigenvalue weighted by Gasteiger charge is 2.19. The molecular formula is C11H9BrN2O4S. The quantitative estimate of drug-likeness (QED) is 0.792. The van der Waals surface area contributed by atoms with Crippen molar-refractivity contribution in [3.05, 3.63) is 46.7 Å². The lowest BCUT2D eigenvalue weighted by Crippen LogP contribution is -2.12. The lowest BCUT2D eigenvalue weighted by atomic mass is 10.3. The minimum atomic E-state index is -3.82. The molecule has 2 rings (SSSR count). The number of rotatable bonds is 4. The smallest absolute Gasteiger partial charge is 0.352 e. The standard InChI is InChI=1S/C11H9BrN2O4S/c12-8-3-1-2-4-9(8)14-19(17,18)7-5-10(11(15)16)13-6-7/h1-6,13-14H,(H,15,16). The van der Waals surface area contributed by atoms with Gasteiger partial charge in [-0.05, 0) is 34.1 Å². The third-order valence-corrected chi connectivity index (χ3v) is 4.35. The van der Waals surface area contributed by atoms with Crippen LogP contribution in [0.3, 0.4) is 0 Å². The van der Waals surface area contributed by atoms with Crippen LogP contribution in [-0.4, -0.2) is 24.5 Å². The van der Waals surface area contributed by atoms with Crippen molar-refractivity contribution in [1.82, 2.24) is 4.98 Å². The van der Waals surface area contributed by atoms with Gasteiger partial charge in [-0.1, -0.05) is 12.1 Å². The van der Waals surface area contributed by atoms with Gasteiger partial charge < -0.3 is 10.1 Å². The van der Waals surface area contributed by atoms with E-state index in [0.717, 1.165) is 12.3 Å². The maximum absolute atomic E-state index is 12.0. The number of aromatic amines is 1. The van der Waals surface area contributed by atoms with Crippen LogP contribution in [0.15, 0.2) is 45.9 Å². The van der Waals surface area contributed by atoms with Gasteiger partial charge in [0.25, 0.3) is 10.0 Å². The number of hydrogen-bond acceptors (Lipinski definition) is 3. The summed E-state index contributed by atoms with van der Waals surface area (Å²) in [5, 5.41) is 8.74. The topological polar surface area (TPSA) is 99.3 Å². The number of carboxylic acids is 1. The SMILES string of the molecule is O=C(O)c1cc(S(=O)(=O)Nc2ccccc2Br)c[nH]1. The Morgan fingerprint density at radius 2 is 2.00 bits per heavy atom. The fraction of sp³-hybridized carbons (Fsp3) is 0. The summed E-state index contributed by atoms with van der Waals surface area (Å²) < 4.78 is 27.0. The Morgan fingerprint density at radius 3 is 2.58 bits per heavy atom. The van der Waals surface area contributed by atoms with Crippen molar-refractivity contribution in [3.63, 3.8) is 0 Å². The number of anilines is 1. The summed E-state index contributed by atoms with van der Waals surface area (Å²) in [5.74, 6) is -1.22. The molecule has 0 aliphatic heterocycles. The molecule has 0 radical (unpaired) electrons. The van der Waals surface area contributed by atoms with Crippen LogP contribution in [0.2, 0.25) is 0 Å². The Kier molecular flexibility index (Phi) is 3.63. The average molecular weight is 345 g/mol. The Balaban J connectivity index is 2.32. The van der Waals surface area contributed by atoms with E-state index in [0.29, 0.717) is 10.2 Å². The molecule has 0 unspecified atom stereocenters. The first-order chi connectivity index (χ1) is 8.90. The van der Waals surface area contributed by atoms with Gasteiger partial charge in [0, 0.05) is 10.7 Å². The lowest BCUT2D eigenvalue weighted by molar-refractivity contribution is 0.0691. The highest BCUT2D eigenvalue weighted by atomic mass is 79.9. The molecule has 0 aliphatic rings. The van der Waals surface area contributed by atoms with Crippen LogP contribution in [0.25, 0.3) is 0 Å². The number of sulfonamides is 1. The minimum absolute atomic E-state index is 0.138. The van der Waals surface area contributed by atoms with E-state index < -0.39 is 16.0 Å². The third-order valence-electron chi connectivity index (χ3n) is 2.32. The van der Waals surface area contributed by atoms with Crippen LogP contribution in [-0.2, 0) is 10.0 Å². The van der Waals surface area contributed by atoms with Crippen molar-refractivity contribution in [2.24, 2.45) is 0 Å². The summed E-state index contributed by atoms with van der Waals surface area (Å²) in [6.07, 6.45) is 1.13. The second kappa shape index (κ2) is 5.06. The molecule has 6 nitrogen and oxygen atoms in total. The molecule has 100 valence electrons. The maximum Gasteiger partial charge on any atom is 0.352 e. The number of aromatic nitrogens is 1. The third kappa shape index (κ3) is 2.96. The van der Waals surface area contributed by atoms with Gasteiger partial charge in [0.1, 0.15) is 10.6 Å². The Hall–Kier alpha value is -1.80. The van der Waals surface area contributed by atoms with Crippen LogP contribution in [0.4, 0.5) is 5.69 Å². The molecule has 8 heteroatoms. The zero-order chi connectivity index (χ0) is 14.0. The Bertz CT molecular complexity index is 724. The van der Waals surface area contributed by atoms with Gasteiger partial charge in [-0.2, -0.15) is 0 Å². The van der Waals surface area contributed by atoms with Crippen LogP contribution in [0.5, 0.6) is 0 Å². The second-order valence-corrected chi connectivity index (χ2v) is 6.18. The molecule has 1 aromatic heterocycles. The highest BCUT2D eigenvalue weighted by molar-refractivity contribution is 9.10. The molecule has 19 heavy (non-hydrogen) atoms. The summed E-state index contributed by atoms with van der Waals surface area (Å²) >= 11 is 3.22. The van der Waals surface area contributed by atoms with E-state index in [1.54, 1.807) is 24.3 Å². The molecular weight excluding hydrogens is 336 g/mol. The monoisotopic (exact) mass is 344 g/mol. The van der Waals surface area contributed by atoms with Crippen LogP contribution in [0, 0.1) is 0 Å². The summed E-state index contributed by atoms with van der Waals surface area (Å²) in [6.45, 7) is 0. The van der Waals surface area contributed by atoms with Crippen LogP contribution >= 0.6 is 15.9 Å². The summed E-state index contributed by atoms with van der Waals surface area (Å²) in [6, 6.07) is 7.77. The van der Waals surface area contributed by atoms with Crippen molar-refractivity contribution in [3.8, 4) is 0 Å². The van der Waals surface area contributed by atoms with Crippen molar-refractivity contribution in [2.45, 2.75) is 4.90 Å². The summed E-state index contributed by atoms with van der Waals surface area (Å²) in [5.41, 5.74) is 0.188. The van der Waals surface area contributed by atoms with Gasteiger partial charge in [-0.25, -0.2) is 13.2 Å². The second-order valence-electron chi connectivity index (χ2n) is 3.64. The summed E-state index contributed by atoms with van der Waals surface area (Å²) in [4.78, 5) is 12.9. The molecule has 1 heterocycles. The normalized spacial score (nSPS) is 11.2. The number of para-hydroxylation sites is 1. The molecule has 0 amide bonds. The average Bonchev–Trinajstić information content (AvgIpc) is 2.82. The number of halogens is 1. The van der Waals surface area contributed by atoms with Crippen LogP contribution in [0.1, 0.15) is 10.5 Å². The lowest BCUT2D eigenvalue weighted by Gasteiger charge is -2.07. The van der Waals surface area contributed by atoms with Crippen molar-refractivity contribution < 1.29 is 18.3 Å². The number of hydrogen-bond donors (Lipinski definition) is 3. The molecule has 0 fully saturated rings. The van der Waals surface area contributed by atoms with Gasteiger partial charge >= 0.3 is 5.97 Å².